The standard InChI is InChI=1S/C26H21IN2O6S/c1-4-12-35-25(33)23-14(2)28-26(36-23)29-20(15-8-10-17(27)11-9-15)19(22(31)24(29)32)21(30)16-6-5-7-18(13-16)34-3/h4-11,13,20,30H,1,12H2,2-3H3/b21-19+. The molecule has 36 heavy (non-hydrogen) atoms. The van der Waals surface area contributed by atoms with Gasteiger partial charge >= 0.3 is 11.9 Å². The summed E-state index contributed by atoms with van der Waals surface area (Å²) >= 11 is 3.10. The summed E-state index contributed by atoms with van der Waals surface area (Å²) in [6.07, 6.45) is 1.45. The number of aromatic nitrogens is 1. The molecule has 4 rings (SSSR count). The number of methoxy groups -OCH3 is 1. The van der Waals surface area contributed by atoms with Crippen LogP contribution in [0.3, 0.4) is 0 Å². The number of nitrogens with zero attached hydrogens (tertiary/aromatic N) is 2. The third-order valence-corrected chi connectivity index (χ3v) is 7.34. The van der Waals surface area contributed by atoms with Crippen LogP contribution in [0.25, 0.3) is 5.76 Å². The molecule has 0 bridgehead atoms. The largest absolute Gasteiger partial charge is 0.507 e. The maximum absolute atomic E-state index is 13.3. The molecule has 1 unspecified atom stereocenters. The van der Waals surface area contributed by atoms with E-state index in [1.807, 2.05) is 12.1 Å². The van der Waals surface area contributed by atoms with E-state index in [2.05, 4.69) is 34.2 Å². The van der Waals surface area contributed by atoms with Crippen molar-refractivity contribution in [3.05, 3.63) is 92.0 Å². The van der Waals surface area contributed by atoms with E-state index in [0.717, 1.165) is 14.9 Å². The number of anilines is 1. The zero-order valence-corrected chi connectivity index (χ0v) is 22.3. The van der Waals surface area contributed by atoms with E-state index >= 15 is 0 Å². The maximum Gasteiger partial charge on any atom is 0.350 e. The number of hydrogen-bond donors (Lipinski definition) is 1. The number of aryl methyl sites for hydroxylation is 1. The van der Waals surface area contributed by atoms with Crippen molar-refractivity contribution < 1.29 is 29.0 Å². The number of rotatable bonds is 7. The molecule has 184 valence electrons. The lowest BCUT2D eigenvalue weighted by molar-refractivity contribution is -0.132. The first kappa shape index (κ1) is 25.6. The Morgan fingerprint density at radius 1 is 1.25 bits per heavy atom. The highest BCUT2D eigenvalue weighted by atomic mass is 127. The molecule has 1 saturated heterocycles. The van der Waals surface area contributed by atoms with Crippen LogP contribution >= 0.6 is 33.9 Å². The number of halogens is 1. The summed E-state index contributed by atoms with van der Waals surface area (Å²) in [5.74, 6) is -2.17. The van der Waals surface area contributed by atoms with Gasteiger partial charge in [-0.25, -0.2) is 9.78 Å². The SMILES string of the molecule is C=CCOC(=O)c1sc(N2C(=O)C(=O)/C(=C(/O)c3cccc(OC)c3)C2c2ccc(I)cc2)nc1C. The second-order valence-electron chi connectivity index (χ2n) is 7.75. The average Bonchev–Trinajstić information content (AvgIpc) is 3.39. The molecule has 8 nitrogen and oxygen atoms in total. The minimum absolute atomic E-state index is 0.0270. The van der Waals surface area contributed by atoms with E-state index in [1.54, 1.807) is 43.3 Å². The number of benzene rings is 2. The lowest BCUT2D eigenvalue weighted by Crippen LogP contribution is -2.29. The summed E-state index contributed by atoms with van der Waals surface area (Å²) < 4.78 is 11.3. The zero-order valence-electron chi connectivity index (χ0n) is 19.4. The fourth-order valence-electron chi connectivity index (χ4n) is 3.79. The van der Waals surface area contributed by atoms with Gasteiger partial charge in [0.25, 0.3) is 5.78 Å². The Labute approximate surface area is 225 Å². The van der Waals surface area contributed by atoms with Crippen molar-refractivity contribution in [3.8, 4) is 5.75 Å². The van der Waals surface area contributed by atoms with Crippen molar-refractivity contribution in [1.82, 2.24) is 4.98 Å². The van der Waals surface area contributed by atoms with Crippen LogP contribution in [0.2, 0.25) is 0 Å². The Bertz CT molecular complexity index is 1400. The fraction of sp³-hybridized carbons (Fsp3) is 0.154. The Hall–Kier alpha value is -3.51. The number of ketones is 1. The Morgan fingerprint density at radius 3 is 2.64 bits per heavy atom. The number of thiazole rings is 1. The van der Waals surface area contributed by atoms with Crippen LogP contribution in [0.4, 0.5) is 5.13 Å². The predicted octanol–water partition coefficient (Wildman–Crippen LogP) is 5.03. The first-order valence-corrected chi connectivity index (χ1v) is 12.6. The van der Waals surface area contributed by atoms with Gasteiger partial charge in [0.1, 0.15) is 23.0 Å². The number of amides is 1. The van der Waals surface area contributed by atoms with Crippen LogP contribution < -0.4 is 9.64 Å². The van der Waals surface area contributed by atoms with Crippen LogP contribution in [-0.2, 0) is 14.3 Å². The molecule has 3 aromatic rings. The Morgan fingerprint density at radius 2 is 1.97 bits per heavy atom. The van der Waals surface area contributed by atoms with Crippen molar-refractivity contribution in [2.75, 3.05) is 18.6 Å². The molecule has 10 heteroatoms. The van der Waals surface area contributed by atoms with Gasteiger partial charge in [-0.1, -0.05) is 48.3 Å². The third-order valence-electron chi connectivity index (χ3n) is 5.48. The third kappa shape index (κ3) is 4.78. The maximum atomic E-state index is 13.3. The number of hydrogen-bond acceptors (Lipinski definition) is 8. The van der Waals surface area contributed by atoms with E-state index in [1.165, 1.54) is 18.1 Å². The Balaban J connectivity index is 1.88. The number of Topliss-reactive ketones (excluding diaryl/α,β-unsaturated/α-hetero) is 1. The van der Waals surface area contributed by atoms with Crippen molar-refractivity contribution >= 4 is 62.5 Å². The number of carbonyl (C=O) groups is 3. The normalized spacial score (nSPS) is 16.8. The van der Waals surface area contributed by atoms with Crippen LogP contribution in [0.1, 0.15) is 32.5 Å². The lowest BCUT2D eigenvalue weighted by Gasteiger charge is -2.23. The van der Waals surface area contributed by atoms with Crippen LogP contribution in [0, 0.1) is 10.5 Å². The van der Waals surface area contributed by atoms with Gasteiger partial charge in [-0.2, -0.15) is 0 Å². The van der Waals surface area contributed by atoms with Gasteiger partial charge in [0.05, 0.1) is 24.4 Å². The smallest absolute Gasteiger partial charge is 0.350 e. The lowest BCUT2D eigenvalue weighted by atomic mass is 9.95. The topological polar surface area (TPSA) is 106 Å². The molecular formula is C26H21IN2O6S. The van der Waals surface area contributed by atoms with Crippen LogP contribution in [0.15, 0.2) is 66.8 Å². The molecule has 1 N–H and O–H groups in total. The quantitative estimate of drug-likeness (QED) is 0.0992. The Kier molecular flexibility index (Phi) is 7.55. The molecule has 1 aliphatic heterocycles. The van der Waals surface area contributed by atoms with E-state index in [-0.39, 0.29) is 27.9 Å². The molecule has 1 amide bonds. The van der Waals surface area contributed by atoms with E-state index in [0.29, 0.717) is 22.6 Å². The van der Waals surface area contributed by atoms with Gasteiger partial charge in [-0.3, -0.25) is 14.5 Å². The molecule has 0 saturated carbocycles. The van der Waals surface area contributed by atoms with Crippen molar-refractivity contribution in [2.45, 2.75) is 13.0 Å². The van der Waals surface area contributed by atoms with Gasteiger partial charge in [0.15, 0.2) is 5.13 Å². The molecule has 2 aromatic carbocycles. The summed E-state index contributed by atoms with van der Waals surface area (Å²) in [6.45, 7) is 5.18. The van der Waals surface area contributed by atoms with Crippen LogP contribution in [0.5, 0.6) is 5.75 Å². The van der Waals surface area contributed by atoms with Gasteiger partial charge in [-0.05, 0) is 59.3 Å². The summed E-state index contributed by atoms with van der Waals surface area (Å²) in [4.78, 5) is 45.0. The molecule has 0 spiro atoms. The van der Waals surface area contributed by atoms with Gasteiger partial charge < -0.3 is 14.6 Å². The summed E-state index contributed by atoms with van der Waals surface area (Å²) in [6, 6.07) is 12.9. The molecule has 1 fully saturated rings. The molecule has 1 atom stereocenters. The first-order chi connectivity index (χ1) is 17.3. The molecule has 0 aliphatic carbocycles. The minimum atomic E-state index is -0.962. The van der Waals surface area contributed by atoms with Crippen molar-refractivity contribution in [1.29, 1.82) is 0 Å². The molecule has 0 radical (unpaired) electrons. The predicted molar refractivity (Wildman–Crippen MR) is 144 cm³/mol. The average molecular weight is 616 g/mol. The minimum Gasteiger partial charge on any atom is -0.507 e. The van der Waals surface area contributed by atoms with Crippen molar-refractivity contribution in [2.24, 2.45) is 0 Å². The molecule has 2 heterocycles. The zero-order chi connectivity index (χ0) is 26.0. The second kappa shape index (κ2) is 10.6. The highest BCUT2D eigenvalue weighted by Crippen LogP contribution is 2.44. The van der Waals surface area contributed by atoms with Crippen LogP contribution in [-0.4, -0.2) is 41.5 Å². The number of esters is 1. The van der Waals surface area contributed by atoms with E-state index in [9.17, 15) is 19.5 Å². The fourth-order valence-corrected chi connectivity index (χ4v) is 5.14. The highest BCUT2D eigenvalue weighted by Gasteiger charge is 2.48. The second-order valence-corrected chi connectivity index (χ2v) is 9.97. The van der Waals surface area contributed by atoms with Gasteiger partial charge in [0.2, 0.25) is 0 Å². The van der Waals surface area contributed by atoms with Gasteiger partial charge in [-0.15, -0.1) is 0 Å². The number of aliphatic hydroxyl groups is 1. The van der Waals surface area contributed by atoms with Crippen molar-refractivity contribution in [3.63, 3.8) is 0 Å². The summed E-state index contributed by atoms with van der Waals surface area (Å²) in [5.41, 5.74) is 1.20. The molecule has 1 aromatic heterocycles. The molecular weight excluding hydrogens is 595 g/mol. The van der Waals surface area contributed by atoms with E-state index < -0.39 is 23.7 Å². The monoisotopic (exact) mass is 616 g/mol. The van der Waals surface area contributed by atoms with E-state index in [4.69, 9.17) is 9.47 Å². The van der Waals surface area contributed by atoms with Gasteiger partial charge in [0, 0.05) is 9.13 Å². The first-order valence-electron chi connectivity index (χ1n) is 10.7. The number of ether oxygens (including phenoxy) is 2. The number of aliphatic hydroxyl groups excluding tert-OH is 1. The summed E-state index contributed by atoms with van der Waals surface area (Å²) in [5, 5.41) is 11.4. The highest BCUT2D eigenvalue weighted by molar-refractivity contribution is 14.1. The number of carbonyl (C=O) groups excluding carboxylic acids is 3. The molecule has 1 aliphatic rings. The summed E-state index contributed by atoms with van der Waals surface area (Å²) in [7, 11) is 1.49.